The normalized spacial score (nSPS) is 13.0. The lowest BCUT2D eigenvalue weighted by Crippen LogP contribution is -2.26. The summed E-state index contributed by atoms with van der Waals surface area (Å²) in [6.07, 6.45) is 0. The Morgan fingerprint density at radius 2 is 0.946 bits per heavy atom. The average molecular weight is 941 g/mol. The second kappa shape index (κ2) is 15.6. The molecule has 3 nitrogen and oxygen atoms in total. The van der Waals surface area contributed by atoms with E-state index in [2.05, 4.69) is 276 Å². The van der Waals surface area contributed by atoms with E-state index in [0.717, 1.165) is 66.8 Å². The monoisotopic (exact) mass is 940 g/mol. The van der Waals surface area contributed by atoms with Crippen LogP contribution >= 0.6 is 0 Å². The molecular weight excluding hydrogens is 897 g/mol. The third-order valence-corrected chi connectivity index (χ3v) is 16.2. The summed E-state index contributed by atoms with van der Waals surface area (Å²) in [6.45, 7) is 0. The number of anilines is 3. The molecular formula is C71H44N2O. The Labute approximate surface area is 428 Å². The van der Waals surface area contributed by atoms with Crippen LogP contribution in [0.5, 0.6) is 0 Å². The van der Waals surface area contributed by atoms with Crippen molar-refractivity contribution in [3.05, 3.63) is 289 Å². The van der Waals surface area contributed by atoms with Gasteiger partial charge in [-0.2, -0.15) is 0 Å². The summed E-state index contributed by atoms with van der Waals surface area (Å²) >= 11 is 0. The molecule has 0 fully saturated rings. The van der Waals surface area contributed by atoms with Crippen LogP contribution in [0.25, 0.3) is 105 Å². The van der Waals surface area contributed by atoms with Crippen molar-refractivity contribution in [1.29, 1.82) is 0 Å². The summed E-state index contributed by atoms with van der Waals surface area (Å²) in [5.74, 6) is 0. The van der Waals surface area contributed by atoms with E-state index in [-0.39, 0.29) is 0 Å². The van der Waals surface area contributed by atoms with E-state index in [1.165, 1.54) is 77.2 Å². The van der Waals surface area contributed by atoms with Crippen LogP contribution in [0.4, 0.5) is 17.1 Å². The molecule has 0 saturated carbocycles. The van der Waals surface area contributed by atoms with E-state index in [4.69, 9.17) is 4.42 Å². The molecule has 2 aliphatic carbocycles. The van der Waals surface area contributed by atoms with E-state index in [1.807, 2.05) is 0 Å². The van der Waals surface area contributed by atoms with E-state index in [1.54, 1.807) is 0 Å². The molecule has 1 spiro atoms. The summed E-state index contributed by atoms with van der Waals surface area (Å²) < 4.78 is 9.11. The molecule has 16 rings (SSSR count). The maximum Gasteiger partial charge on any atom is 0.137 e. The molecule has 2 heterocycles. The molecule has 2 aromatic heterocycles. The van der Waals surface area contributed by atoms with Crippen LogP contribution in [0.15, 0.2) is 271 Å². The first kappa shape index (κ1) is 41.0. The highest BCUT2D eigenvalue weighted by Gasteiger charge is 2.52. The van der Waals surface area contributed by atoms with Crippen molar-refractivity contribution in [1.82, 2.24) is 4.57 Å². The molecule has 0 atom stereocenters. The molecule has 0 aliphatic heterocycles. The van der Waals surface area contributed by atoms with Crippen molar-refractivity contribution in [3.8, 4) is 50.2 Å². The minimum absolute atomic E-state index is 0.496. The second-order valence-corrected chi connectivity index (χ2v) is 19.9. The minimum Gasteiger partial charge on any atom is -0.456 e. The summed E-state index contributed by atoms with van der Waals surface area (Å²) in [6, 6.07) is 98.5. The lowest BCUT2D eigenvalue weighted by Gasteiger charge is -2.32. The van der Waals surface area contributed by atoms with Gasteiger partial charge in [-0.25, -0.2) is 0 Å². The molecule has 0 saturated heterocycles. The topological polar surface area (TPSA) is 21.3 Å². The van der Waals surface area contributed by atoms with Gasteiger partial charge in [0.15, 0.2) is 0 Å². The van der Waals surface area contributed by atoms with Gasteiger partial charge in [0.1, 0.15) is 11.2 Å². The smallest absolute Gasteiger partial charge is 0.137 e. The van der Waals surface area contributed by atoms with Crippen LogP contribution in [-0.2, 0) is 5.41 Å². The summed E-state index contributed by atoms with van der Waals surface area (Å²) in [4.78, 5) is 2.53. The average Bonchev–Trinajstić information content (AvgIpc) is 4.19. The van der Waals surface area contributed by atoms with Crippen molar-refractivity contribution in [2.24, 2.45) is 0 Å². The zero-order valence-corrected chi connectivity index (χ0v) is 40.2. The zero-order chi connectivity index (χ0) is 48.5. The molecule has 0 bridgehead atoms. The minimum atomic E-state index is -0.496. The first-order chi connectivity index (χ1) is 36.7. The van der Waals surface area contributed by atoms with E-state index in [9.17, 15) is 0 Å². The Kier molecular flexibility index (Phi) is 8.66. The first-order valence-electron chi connectivity index (χ1n) is 25.6. The lowest BCUT2D eigenvalue weighted by molar-refractivity contribution is 0.669. The number of fused-ring (bicyclic) bond motifs is 18. The van der Waals surface area contributed by atoms with Crippen molar-refractivity contribution >= 4 is 71.6 Å². The molecule has 0 amide bonds. The molecule has 3 heteroatoms. The predicted octanol–water partition coefficient (Wildman–Crippen LogP) is 19.0. The summed E-state index contributed by atoms with van der Waals surface area (Å²) in [5.41, 5.74) is 22.9. The molecule has 0 N–H and O–H groups in total. The molecule has 14 aromatic rings. The Morgan fingerprint density at radius 3 is 1.78 bits per heavy atom. The van der Waals surface area contributed by atoms with E-state index >= 15 is 0 Å². The number of rotatable bonds is 6. The van der Waals surface area contributed by atoms with Crippen LogP contribution in [-0.4, -0.2) is 4.57 Å². The van der Waals surface area contributed by atoms with Crippen molar-refractivity contribution < 1.29 is 4.42 Å². The number of hydrogen-bond acceptors (Lipinski definition) is 2. The van der Waals surface area contributed by atoms with Gasteiger partial charge >= 0.3 is 0 Å². The molecule has 0 radical (unpaired) electrons. The molecule has 74 heavy (non-hydrogen) atoms. The Morgan fingerprint density at radius 1 is 0.351 bits per heavy atom. The fraction of sp³-hybridized carbons (Fsp3) is 0.0141. The van der Waals surface area contributed by atoms with Gasteiger partial charge in [-0.1, -0.05) is 206 Å². The Bertz CT molecular complexity index is 4580. The van der Waals surface area contributed by atoms with Crippen LogP contribution in [0.1, 0.15) is 22.3 Å². The standard InChI is InChI=1S/C71H44N2O/c1-2-18-45(19-3-1)47-22-14-25-50(42-47)73-65-44-51(38-39-56(65)57-40-41-67-69(70(57)73)59-30-9-13-37-66(59)74-67)72(49-24-15-23-48(43-49)53-31-16-21-46-20-4-5-26-52(46)53)64-36-17-35-63-68(64)58-29-8-12-34-62(58)71(63)60-32-10-6-27-54(60)55-28-7-11-33-61(55)71/h1-44H. The fourth-order valence-corrected chi connectivity index (χ4v) is 13.2. The zero-order valence-electron chi connectivity index (χ0n) is 40.2. The van der Waals surface area contributed by atoms with Gasteiger partial charge in [0.2, 0.25) is 0 Å². The molecule has 2 aliphatic rings. The maximum atomic E-state index is 6.63. The quantitative estimate of drug-likeness (QED) is 0.166. The number of hydrogen-bond donors (Lipinski definition) is 0. The Hall–Kier alpha value is -9.70. The van der Waals surface area contributed by atoms with Gasteiger partial charge in [0.25, 0.3) is 0 Å². The highest BCUT2D eigenvalue weighted by molar-refractivity contribution is 6.25. The van der Waals surface area contributed by atoms with Gasteiger partial charge in [-0.05, 0) is 133 Å². The highest BCUT2D eigenvalue weighted by Crippen LogP contribution is 2.65. The van der Waals surface area contributed by atoms with Crippen molar-refractivity contribution in [2.45, 2.75) is 5.41 Å². The van der Waals surface area contributed by atoms with Crippen molar-refractivity contribution in [3.63, 3.8) is 0 Å². The SMILES string of the molecule is c1ccc(-c2cccc(-n3c4cc(N(c5cccc(-c6cccc7ccccc67)c5)c5cccc6c5-c5ccccc5C65c6ccccc6-c6ccccc65)ccc4c4ccc5oc6ccccc6c5c43)c2)cc1. The van der Waals surface area contributed by atoms with Crippen LogP contribution in [0, 0.1) is 0 Å². The van der Waals surface area contributed by atoms with E-state index in [0.29, 0.717) is 0 Å². The second-order valence-electron chi connectivity index (χ2n) is 19.9. The molecule has 0 unspecified atom stereocenters. The number of para-hydroxylation sites is 1. The highest BCUT2D eigenvalue weighted by atomic mass is 16.3. The third-order valence-electron chi connectivity index (χ3n) is 16.2. The fourth-order valence-electron chi connectivity index (χ4n) is 13.2. The maximum absolute atomic E-state index is 6.63. The predicted molar refractivity (Wildman–Crippen MR) is 307 cm³/mol. The summed E-state index contributed by atoms with van der Waals surface area (Å²) in [7, 11) is 0. The summed E-state index contributed by atoms with van der Waals surface area (Å²) in [5, 5.41) is 7.02. The number of furan rings is 1. The van der Waals surface area contributed by atoms with Crippen LogP contribution < -0.4 is 4.90 Å². The number of benzene rings is 12. The van der Waals surface area contributed by atoms with Gasteiger partial charge in [-0.15, -0.1) is 0 Å². The molecule has 344 valence electrons. The van der Waals surface area contributed by atoms with E-state index < -0.39 is 5.41 Å². The van der Waals surface area contributed by atoms with Gasteiger partial charge in [0, 0.05) is 38.8 Å². The number of nitrogens with zero attached hydrogens (tertiary/aromatic N) is 2. The van der Waals surface area contributed by atoms with Crippen LogP contribution in [0.3, 0.4) is 0 Å². The largest absolute Gasteiger partial charge is 0.456 e. The third kappa shape index (κ3) is 5.66. The Balaban J connectivity index is 1.01. The van der Waals surface area contributed by atoms with Gasteiger partial charge < -0.3 is 13.9 Å². The lowest BCUT2D eigenvalue weighted by atomic mass is 9.70. The van der Waals surface area contributed by atoms with Gasteiger partial charge in [-0.3, -0.25) is 0 Å². The number of aromatic nitrogens is 1. The van der Waals surface area contributed by atoms with Gasteiger partial charge in [0.05, 0.1) is 27.5 Å². The first-order valence-corrected chi connectivity index (χ1v) is 25.6. The molecule has 12 aromatic carbocycles. The van der Waals surface area contributed by atoms with Crippen LogP contribution in [0.2, 0.25) is 0 Å². The van der Waals surface area contributed by atoms with Crippen molar-refractivity contribution in [2.75, 3.05) is 4.90 Å².